The monoisotopic (exact) mass is 343 g/mol. The highest BCUT2D eigenvalue weighted by atomic mass is 35.5. The molecule has 0 radical (unpaired) electrons. The van der Waals surface area contributed by atoms with Crippen molar-refractivity contribution in [1.82, 2.24) is 4.90 Å². The van der Waals surface area contributed by atoms with Crippen LogP contribution in [0.3, 0.4) is 0 Å². The molecule has 1 aromatic rings. The average Bonchev–Trinajstić information content (AvgIpc) is 2.72. The van der Waals surface area contributed by atoms with Crippen LogP contribution in [0.2, 0.25) is 0 Å². The van der Waals surface area contributed by atoms with Gasteiger partial charge in [-0.1, -0.05) is 18.2 Å². The number of rotatable bonds is 2. The minimum Gasteiger partial charge on any atom is -0.444 e. The van der Waals surface area contributed by atoms with E-state index in [1.165, 1.54) is 4.90 Å². The van der Waals surface area contributed by atoms with E-state index in [9.17, 15) is 9.18 Å². The van der Waals surface area contributed by atoms with Crippen molar-refractivity contribution < 1.29 is 18.7 Å². The average molecular weight is 344 g/mol. The lowest BCUT2D eigenvalue weighted by atomic mass is 10.0. The predicted molar refractivity (Wildman–Crippen MR) is 86.8 cm³/mol. The summed E-state index contributed by atoms with van der Waals surface area (Å²) in [6.45, 7) is 9.10. The number of carbonyl (C=O) groups excluding carboxylic acids is 1. The van der Waals surface area contributed by atoms with Crippen LogP contribution in [0.25, 0.3) is 0 Å². The van der Waals surface area contributed by atoms with Crippen LogP contribution in [0.5, 0.6) is 0 Å². The Morgan fingerprint density at radius 2 is 2.13 bits per heavy atom. The lowest BCUT2D eigenvalue weighted by Gasteiger charge is -2.35. The molecule has 1 aromatic carbocycles. The van der Waals surface area contributed by atoms with Crippen molar-refractivity contribution in [2.75, 3.05) is 6.61 Å². The van der Waals surface area contributed by atoms with E-state index in [2.05, 4.69) is 0 Å². The van der Waals surface area contributed by atoms with Gasteiger partial charge in [0.1, 0.15) is 17.1 Å². The van der Waals surface area contributed by atoms with Gasteiger partial charge >= 0.3 is 6.09 Å². The zero-order chi connectivity index (χ0) is 17.4. The number of benzene rings is 1. The largest absolute Gasteiger partial charge is 0.444 e. The zero-order valence-corrected chi connectivity index (χ0v) is 14.9. The second-order valence-corrected chi connectivity index (χ2v) is 7.35. The third-order valence-corrected chi connectivity index (χ3v) is 3.98. The van der Waals surface area contributed by atoms with Gasteiger partial charge in [0.25, 0.3) is 0 Å². The molecule has 1 fully saturated rings. The summed E-state index contributed by atoms with van der Waals surface area (Å²) in [4.78, 5) is 14.1. The van der Waals surface area contributed by atoms with E-state index >= 15 is 0 Å². The quantitative estimate of drug-likeness (QED) is 0.736. The van der Waals surface area contributed by atoms with Crippen LogP contribution in [0.4, 0.5) is 9.18 Å². The molecule has 1 saturated heterocycles. The Kier molecular flexibility index (Phi) is 4.92. The number of nitrogens with zero attached hydrogens (tertiary/aromatic N) is 1. The van der Waals surface area contributed by atoms with Crippen LogP contribution in [0, 0.1) is 5.82 Å². The van der Waals surface area contributed by atoms with E-state index in [1.54, 1.807) is 52.8 Å². The SMILES string of the molecule is CC(C)(C)OC(=O)N1[C@@H](c2cccc(CCl)c2F)COC1(C)C. The van der Waals surface area contributed by atoms with Crippen LogP contribution in [0.1, 0.15) is 51.8 Å². The highest BCUT2D eigenvalue weighted by Gasteiger charge is 2.47. The smallest absolute Gasteiger partial charge is 0.413 e. The third-order valence-electron chi connectivity index (χ3n) is 3.69. The van der Waals surface area contributed by atoms with Gasteiger partial charge in [0.2, 0.25) is 0 Å². The van der Waals surface area contributed by atoms with Crippen molar-refractivity contribution in [3.05, 3.63) is 35.1 Å². The van der Waals surface area contributed by atoms with Gasteiger partial charge in [-0.05, 0) is 34.6 Å². The standard InChI is InChI=1S/C17H23ClFNO3/c1-16(2,3)23-15(21)20-13(10-22-17(20,4)5)12-8-6-7-11(9-18)14(12)19/h6-8,13H,9-10H2,1-5H3/t13-/m1/s1. The highest BCUT2D eigenvalue weighted by Crippen LogP contribution is 2.39. The molecule has 0 unspecified atom stereocenters. The molecule has 0 spiro atoms. The van der Waals surface area contributed by atoms with Gasteiger partial charge in [-0.15, -0.1) is 11.6 Å². The Morgan fingerprint density at radius 3 is 2.70 bits per heavy atom. The lowest BCUT2D eigenvalue weighted by Crippen LogP contribution is -2.47. The molecular weight excluding hydrogens is 321 g/mol. The van der Waals surface area contributed by atoms with E-state index in [4.69, 9.17) is 21.1 Å². The summed E-state index contributed by atoms with van der Waals surface area (Å²) < 4.78 is 25.8. The Labute approximate surface area is 141 Å². The van der Waals surface area contributed by atoms with Crippen LogP contribution in [-0.2, 0) is 15.4 Å². The Hall–Kier alpha value is -1.33. The van der Waals surface area contributed by atoms with Crippen molar-refractivity contribution in [1.29, 1.82) is 0 Å². The van der Waals surface area contributed by atoms with Crippen molar-refractivity contribution in [3.63, 3.8) is 0 Å². The summed E-state index contributed by atoms with van der Waals surface area (Å²) in [5.74, 6) is -0.328. The van der Waals surface area contributed by atoms with Crippen molar-refractivity contribution in [2.24, 2.45) is 0 Å². The number of hydrogen-bond donors (Lipinski definition) is 0. The number of hydrogen-bond acceptors (Lipinski definition) is 3. The first-order valence-electron chi connectivity index (χ1n) is 7.56. The number of alkyl halides is 1. The molecule has 1 aliphatic heterocycles. The summed E-state index contributed by atoms with van der Waals surface area (Å²) in [5, 5.41) is 0. The second kappa shape index (κ2) is 6.29. The summed E-state index contributed by atoms with van der Waals surface area (Å²) in [6.07, 6.45) is -0.527. The van der Waals surface area contributed by atoms with Gasteiger partial charge in [0, 0.05) is 11.1 Å². The molecule has 2 rings (SSSR count). The molecular formula is C17H23ClFNO3. The van der Waals surface area contributed by atoms with Crippen molar-refractivity contribution in [3.8, 4) is 0 Å². The molecule has 0 N–H and O–H groups in total. The maximum absolute atomic E-state index is 14.6. The number of carbonyl (C=O) groups is 1. The van der Waals surface area contributed by atoms with Crippen molar-refractivity contribution >= 4 is 17.7 Å². The number of amides is 1. The molecule has 23 heavy (non-hydrogen) atoms. The molecule has 4 nitrogen and oxygen atoms in total. The van der Waals surface area contributed by atoms with E-state index in [0.29, 0.717) is 11.1 Å². The Balaban J connectivity index is 2.40. The molecule has 6 heteroatoms. The summed E-state index contributed by atoms with van der Waals surface area (Å²) in [7, 11) is 0. The van der Waals surface area contributed by atoms with Crippen LogP contribution in [-0.4, -0.2) is 28.9 Å². The zero-order valence-electron chi connectivity index (χ0n) is 14.2. The highest BCUT2D eigenvalue weighted by molar-refractivity contribution is 6.17. The maximum atomic E-state index is 14.6. The molecule has 1 aliphatic rings. The molecule has 0 aromatic heterocycles. The minimum atomic E-state index is -0.879. The van der Waals surface area contributed by atoms with E-state index in [1.807, 2.05) is 0 Å². The Morgan fingerprint density at radius 1 is 1.48 bits per heavy atom. The molecule has 128 valence electrons. The van der Waals surface area contributed by atoms with E-state index in [0.717, 1.165) is 0 Å². The minimum absolute atomic E-state index is 0.0725. The molecule has 1 amide bonds. The number of halogens is 2. The summed E-state index contributed by atoms with van der Waals surface area (Å²) >= 11 is 5.78. The Bertz CT molecular complexity index is 598. The van der Waals surface area contributed by atoms with Crippen LogP contribution < -0.4 is 0 Å². The molecule has 1 heterocycles. The first-order valence-corrected chi connectivity index (χ1v) is 8.10. The molecule has 0 aliphatic carbocycles. The van der Waals surface area contributed by atoms with Gasteiger partial charge in [0.15, 0.2) is 0 Å². The maximum Gasteiger partial charge on any atom is 0.413 e. The normalized spacial score (nSPS) is 20.7. The van der Waals surface area contributed by atoms with Crippen LogP contribution in [0.15, 0.2) is 18.2 Å². The number of ether oxygens (including phenoxy) is 2. The van der Waals surface area contributed by atoms with Crippen LogP contribution >= 0.6 is 11.6 Å². The van der Waals surface area contributed by atoms with Gasteiger partial charge in [-0.25, -0.2) is 9.18 Å². The first-order chi connectivity index (χ1) is 10.6. The fourth-order valence-corrected chi connectivity index (χ4v) is 2.86. The van der Waals surface area contributed by atoms with E-state index < -0.39 is 29.3 Å². The van der Waals surface area contributed by atoms with Crippen molar-refractivity contribution in [2.45, 2.75) is 57.9 Å². The van der Waals surface area contributed by atoms with Gasteiger partial charge in [-0.2, -0.15) is 0 Å². The van der Waals surface area contributed by atoms with Gasteiger partial charge in [-0.3, -0.25) is 4.90 Å². The topological polar surface area (TPSA) is 38.8 Å². The molecule has 0 bridgehead atoms. The van der Waals surface area contributed by atoms with Gasteiger partial charge < -0.3 is 9.47 Å². The van der Waals surface area contributed by atoms with E-state index in [-0.39, 0.29) is 12.5 Å². The summed E-state index contributed by atoms with van der Waals surface area (Å²) in [6, 6.07) is 4.46. The fourth-order valence-electron chi connectivity index (χ4n) is 2.65. The molecule has 1 atom stereocenters. The molecule has 0 saturated carbocycles. The fraction of sp³-hybridized carbons (Fsp3) is 0.588. The lowest BCUT2D eigenvalue weighted by molar-refractivity contribution is -0.0627. The first kappa shape index (κ1) is 18.0. The predicted octanol–water partition coefficient (Wildman–Crippen LogP) is 4.61. The third kappa shape index (κ3) is 3.78. The van der Waals surface area contributed by atoms with Gasteiger partial charge in [0.05, 0.1) is 18.5 Å². The second-order valence-electron chi connectivity index (χ2n) is 7.08. The summed E-state index contributed by atoms with van der Waals surface area (Å²) in [5.41, 5.74) is -0.731.